The van der Waals surface area contributed by atoms with E-state index in [0.717, 1.165) is 0 Å². The molecule has 15 heavy (non-hydrogen) atoms. The molecule has 0 saturated heterocycles. The highest BCUT2D eigenvalue weighted by atomic mass is 32.3. The highest BCUT2D eigenvalue weighted by Crippen LogP contribution is 2.24. The summed E-state index contributed by atoms with van der Waals surface area (Å²) < 4.78 is 38.3. The Morgan fingerprint density at radius 2 is 2.07 bits per heavy atom. The van der Waals surface area contributed by atoms with E-state index in [-0.39, 0.29) is 11.3 Å². The SMILES string of the molecule is COc1ccc(C=O)c(OS(=O)(=O)O)c1. The first-order chi connectivity index (χ1) is 6.96. The summed E-state index contributed by atoms with van der Waals surface area (Å²) in [6.45, 7) is 0. The van der Waals surface area contributed by atoms with Gasteiger partial charge in [-0.1, -0.05) is 0 Å². The third-order valence-corrected chi connectivity index (χ3v) is 1.93. The van der Waals surface area contributed by atoms with Crippen molar-refractivity contribution in [2.75, 3.05) is 7.11 Å². The molecule has 0 heterocycles. The summed E-state index contributed by atoms with van der Waals surface area (Å²) in [5.41, 5.74) is -0.00609. The summed E-state index contributed by atoms with van der Waals surface area (Å²) >= 11 is 0. The normalized spacial score (nSPS) is 10.8. The van der Waals surface area contributed by atoms with Gasteiger partial charge in [0.15, 0.2) is 12.0 Å². The van der Waals surface area contributed by atoms with Gasteiger partial charge >= 0.3 is 10.4 Å². The number of methoxy groups -OCH3 is 1. The zero-order valence-electron chi connectivity index (χ0n) is 7.71. The molecule has 1 N–H and O–H groups in total. The highest BCUT2D eigenvalue weighted by Gasteiger charge is 2.12. The predicted molar refractivity (Wildman–Crippen MR) is 50.6 cm³/mol. The molecule has 0 unspecified atom stereocenters. The monoisotopic (exact) mass is 232 g/mol. The zero-order chi connectivity index (χ0) is 11.5. The van der Waals surface area contributed by atoms with Crippen molar-refractivity contribution in [2.24, 2.45) is 0 Å². The van der Waals surface area contributed by atoms with Crippen molar-refractivity contribution in [3.8, 4) is 11.5 Å². The minimum absolute atomic E-state index is 0.00609. The molecule has 0 amide bonds. The summed E-state index contributed by atoms with van der Waals surface area (Å²) in [5.74, 6) is 0.0195. The first-order valence-electron chi connectivity index (χ1n) is 3.76. The maximum atomic E-state index is 10.5. The van der Waals surface area contributed by atoms with Crippen LogP contribution >= 0.6 is 0 Å². The van der Waals surface area contributed by atoms with Crippen LogP contribution in [0.25, 0.3) is 0 Å². The molecule has 0 aliphatic heterocycles. The molecule has 7 heteroatoms. The van der Waals surface area contributed by atoms with Crippen LogP contribution in [0.15, 0.2) is 18.2 Å². The van der Waals surface area contributed by atoms with Crippen LogP contribution in [0, 0.1) is 0 Å². The van der Waals surface area contributed by atoms with Crippen molar-refractivity contribution in [3.05, 3.63) is 23.8 Å². The van der Waals surface area contributed by atoms with Crippen LogP contribution < -0.4 is 8.92 Å². The van der Waals surface area contributed by atoms with Crippen molar-refractivity contribution in [1.29, 1.82) is 0 Å². The minimum Gasteiger partial charge on any atom is -0.497 e. The summed E-state index contributed by atoms with van der Waals surface area (Å²) in [4.78, 5) is 10.5. The fourth-order valence-corrected chi connectivity index (χ4v) is 1.30. The van der Waals surface area contributed by atoms with Gasteiger partial charge in [-0.3, -0.25) is 9.35 Å². The number of hydrogen-bond donors (Lipinski definition) is 1. The largest absolute Gasteiger partial charge is 0.497 e. The maximum absolute atomic E-state index is 10.5. The van der Waals surface area contributed by atoms with Crippen LogP contribution in [-0.4, -0.2) is 26.4 Å². The molecule has 0 spiro atoms. The molecular formula is C8H8O6S. The molecule has 0 radical (unpaired) electrons. The van der Waals surface area contributed by atoms with E-state index in [1.807, 2.05) is 0 Å². The number of hydrogen-bond acceptors (Lipinski definition) is 5. The van der Waals surface area contributed by atoms with E-state index in [1.54, 1.807) is 0 Å². The number of carbonyl (C=O) groups is 1. The van der Waals surface area contributed by atoms with Gasteiger partial charge in [0.2, 0.25) is 0 Å². The molecule has 0 aliphatic rings. The third kappa shape index (κ3) is 3.22. The first-order valence-corrected chi connectivity index (χ1v) is 5.13. The molecule has 0 aromatic heterocycles. The molecule has 0 aliphatic carbocycles. The number of carbonyl (C=O) groups excluding carboxylic acids is 1. The van der Waals surface area contributed by atoms with Gasteiger partial charge in [-0.2, -0.15) is 8.42 Å². The van der Waals surface area contributed by atoms with Gasteiger partial charge in [0, 0.05) is 6.07 Å². The summed E-state index contributed by atoms with van der Waals surface area (Å²) in [7, 11) is -3.28. The van der Waals surface area contributed by atoms with E-state index >= 15 is 0 Å². The summed E-state index contributed by atoms with van der Waals surface area (Å²) in [6, 6.07) is 3.95. The van der Waals surface area contributed by atoms with Crippen LogP contribution in [-0.2, 0) is 10.4 Å². The number of aldehydes is 1. The van der Waals surface area contributed by atoms with E-state index in [1.165, 1.54) is 25.3 Å². The lowest BCUT2D eigenvalue weighted by molar-refractivity contribution is 0.112. The Kier molecular flexibility index (Phi) is 3.28. The average Bonchev–Trinajstić information content (AvgIpc) is 2.15. The van der Waals surface area contributed by atoms with Crippen molar-refractivity contribution in [3.63, 3.8) is 0 Å². The quantitative estimate of drug-likeness (QED) is 0.606. The molecule has 1 rings (SSSR count). The topological polar surface area (TPSA) is 89.9 Å². The fraction of sp³-hybridized carbons (Fsp3) is 0.125. The lowest BCUT2D eigenvalue weighted by Gasteiger charge is -2.06. The molecule has 82 valence electrons. The molecule has 0 atom stereocenters. The first kappa shape index (κ1) is 11.5. The second kappa shape index (κ2) is 4.28. The van der Waals surface area contributed by atoms with Gasteiger partial charge in [0.05, 0.1) is 12.7 Å². The molecule has 1 aromatic carbocycles. The van der Waals surface area contributed by atoms with Crippen LogP contribution in [0.5, 0.6) is 11.5 Å². The Morgan fingerprint density at radius 1 is 1.40 bits per heavy atom. The Bertz CT molecular complexity index is 464. The second-order valence-corrected chi connectivity index (χ2v) is 3.55. The van der Waals surface area contributed by atoms with E-state index in [2.05, 4.69) is 4.18 Å². The highest BCUT2D eigenvalue weighted by molar-refractivity contribution is 7.81. The van der Waals surface area contributed by atoms with E-state index in [0.29, 0.717) is 12.0 Å². The van der Waals surface area contributed by atoms with Crippen LogP contribution in [0.2, 0.25) is 0 Å². The van der Waals surface area contributed by atoms with Gasteiger partial charge in [-0.15, -0.1) is 0 Å². The van der Waals surface area contributed by atoms with Gasteiger partial charge in [-0.05, 0) is 12.1 Å². The van der Waals surface area contributed by atoms with Gasteiger partial charge in [-0.25, -0.2) is 0 Å². The lowest BCUT2D eigenvalue weighted by atomic mass is 10.2. The molecule has 6 nitrogen and oxygen atoms in total. The second-order valence-electron chi connectivity index (χ2n) is 2.53. The summed E-state index contributed by atoms with van der Waals surface area (Å²) in [5, 5.41) is 0. The van der Waals surface area contributed by atoms with Crippen LogP contribution in [0.4, 0.5) is 0 Å². The van der Waals surface area contributed by atoms with E-state index in [9.17, 15) is 13.2 Å². The Morgan fingerprint density at radius 3 is 2.53 bits per heavy atom. The number of benzene rings is 1. The molecular weight excluding hydrogens is 224 g/mol. The van der Waals surface area contributed by atoms with Gasteiger partial charge in [0.1, 0.15) is 5.75 Å². The van der Waals surface area contributed by atoms with Gasteiger partial charge < -0.3 is 8.92 Å². The van der Waals surface area contributed by atoms with Crippen LogP contribution in [0.3, 0.4) is 0 Å². The number of rotatable bonds is 4. The average molecular weight is 232 g/mol. The Labute approximate surface area is 86.4 Å². The smallest absolute Gasteiger partial charge is 0.446 e. The Hall–Kier alpha value is -1.60. The molecule has 0 saturated carbocycles. The molecule has 0 fully saturated rings. The lowest BCUT2D eigenvalue weighted by Crippen LogP contribution is -2.08. The maximum Gasteiger partial charge on any atom is 0.446 e. The van der Waals surface area contributed by atoms with Crippen molar-refractivity contribution in [1.82, 2.24) is 0 Å². The minimum atomic E-state index is -4.65. The standard InChI is InChI=1S/C8H8O6S/c1-13-7-3-2-6(5-9)8(4-7)14-15(10,11)12/h2-5H,1H3,(H,10,11,12). The summed E-state index contributed by atoms with van der Waals surface area (Å²) in [6.07, 6.45) is 0.403. The van der Waals surface area contributed by atoms with E-state index < -0.39 is 10.4 Å². The third-order valence-electron chi connectivity index (χ3n) is 1.54. The van der Waals surface area contributed by atoms with Crippen molar-refractivity contribution < 1.29 is 26.7 Å². The van der Waals surface area contributed by atoms with Crippen molar-refractivity contribution >= 4 is 16.7 Å². The Balaban J connectivity index is 3.18. The van der Waals surface area contributed by atoms with Crippen LogP contribution in [0.1, 0.15) is 10.4 Å². The predicted octanol–water partition coefficient (Wildman–Crippen LogP) is 0.689. The van der Waals surface area contributed by atoms with E-state index in [4.69, 9.17) is 9.29 Å². The number of ether oxygens (including phenoxy) is 1. The van der Waals surface area contributed by atoms with Crippen molar-refractivity contribution in [2.45, 2.75) is 0 Å². The molecule has 1 aromatic rings. The zero-order valence-corrected chi connectivity index (χ0v) is 8.52. The fourth-order valence-electron chi connectivity index (χ4n) is 0.925. The van der Waals surface area contributed by atoms with Gasteiger partial charge in [0.25, 0.3) is 0 Å². The molecule has 0 bridgehead atoms.